The molecule has 1 aromatic rings. The van der Waals surface area contributed by atoms with Gasteiger partial charge in [-0.2, -0.15) is 0 Å². The maximum atomic E-state index is 11.0. The molecule has 0 heterocycles. The average molecular weight is 230 g/mol. The molecule has 1 aromatic carbocycles. The van der Waals surface area contributed by atoms with Gasteiger partial charge in [0.25, 0.3) is 0 Å². The Labute approximate surface area is 86.9 Å². The first-order valence-corrected chi connectivity index (χ1v) is 6.08. The van der Waals surface area contributed by atoms with Crippen LogP contribution in [-0.4, -0.2) is 30.9 Å². The Morgan fingerprint density at radius 3 is 2.47 bits per heavy atom. The maximum absolute atomic E-state index is 11.0. The van der Waals surface area contributed by atoms with Crippen molar-refractivity contribution in [3.05, 3.63) is 29.3 Å². The van der Waals surface area contributed by atoms with Gasteiger partial charge >= 0.3 is 5.97 Å². The molecule has 0 bridgehead atoms. The van der Waals surface area contributed by atoms with Crippen molar-refractivity contribution in [1.82, 2.24) is 0 Å². The smallest absolute Gasteiger partial charge is 0.336 e. The molecule has 0 saturated carbocycles. The number of phenolic OH excluding ortho intramolecular Hbond substituents is 1. The molecule has 0 aliphatic heterocycles. The molecule has 0 spiro atoms. The molecule has 5 nitrogen and oxygen atoms in total. The van der Waals surface area contributed by atoms with Crippen LogP contribution in [-0.2, 0) is 15.6 Å². The predicted molar refractivity (Wildman–Crippen MR) is 53.6 cm³/mol. The maximum Gasteiger partial charge on any atom is 0.336 e. The SMILES string of the molecule is CS(=O)(=O)Cc1ccc(O)cc1C(=O)O. The summed E-state index contributed by atoms with van der Waals surface area (Å²) in [4.78, 5) is 10.8. The van der Waals surface area contributed by atoms with Crippen LogP contribution in [0.3, 0.4) is 0 Å². The van der Waals surface area contributed by atoms with Gasteiger partial charge in [-0.1, -0.05) is 6.07 Å². The van der Waals surface area contributed by atoms with Crippen LogP contribution in [0.15, 0.2) is 18.2 Å². The van der Waals surface area contributed by atoms with E-state index in [4.69, 9.17) is 10.2 Å². The highest BCUT2D eigenvalue weighted by atomic mass is 32.2. The van der Waals surface area contributed by atoms with Crippen LogP contribution in [0.2, 0.25) is 0 Å². The van der Waals surface area contributed by atoms with Gasteiger partial charge in [0.1, 0.15) is 5.75 Å². The van der Waals surface area contributed by atoms with Crippen molar-refractivity contribution in [2.24, 2.45) is 0 Å². The number of carboxylic acid groups (broad SMARTS) is 1. The molecule has 0 amide bonds. The Morgan fingerprint density at radius 1 is 1.40 bits per heavy atom. The van der Waals surface area contributed by atoms with Crippen molar-refractivity contribution >= 4 is 15.8 Å². The average Bonchev–Trinajstić information content (AvgIpc) is 2.05. The number of hydrogen-bond donors (Lipinski definition) is 2. The molecule has 0 aromatic heterocycles. The number of aromatic hydroxyl groups is 1. The third-order valence-electron chi connectivity index (χ3n) is 1.74. The summed E-state index contributed by atoms with van der Waals surface area (Å²) >= 11 is 0. The minimum atomic E-state index is -3.29. The topological polar surface area (TPSA) is 91.7 Å². The van der Waals surface area contributed by atoms with Gasteiger partial charge in [0.2, 0.25) is 0 Å². The summed E-state index contributed by atoms with van der Waals surface area (Å²) in [5.41, 5.74) is -0.0248. The minimum absolute atomic E-state index is 0.169. The van der Waals surface area contributed by atoms with Gasteiger partial charge in [-0.05, 0) is 17.7 Å². The fourth-order valence-electron chi connectivity index (χ4n) is 1.17. The zero-order chi connectivity index (χ0) is 11.6. The third kappa shape index (κ3) is 3.25. The van der Waals surface area contributed by atoms with E-state index in [1.807, 2.05) is 0 Å². The zero-order valence-electron chi connectivity index (χ0n) is 7.97. The first kappa shape index (κ1) is 11.5. The lowest BCUT2D eigenvalue weighted by Gasteiger charge is -2.04. The van der Waals surface area contributed by atoms with E-state index < -0.39 is 15.8 Å². The number of aromatic carboxylic acids is 1. The molecule has 82 valence electrons. The highest BCUT2D eigenvalue weighted by molar-refractivity contribution is 7.89. The summed E-state index contributed by atoms with van der Waals surface area (Å²) in [6, 6.07) is 3.58. The molecule has 0 atom stereocenters. The fraction of sp³-hybridized carbons (Fsp3) is 0.222. The third-order valence-corrected chi connectivity index (χ3v) is 2.58. The second-order valence-electron chi connectivity index (χ2n) is 3.22. The molecule has 0 aliphatic rings. The lowest BCUT2D eigenvalue weighted by atomic mass is 10.1. The summed E-state index contributed by atoms with van der Waals surface area (Å²) in [5.74, 6) is -1.82. The van der Waals surface area contributed by atoms with Crippen molar-refractivity contribution in [3.63, 3.8) is 0 Å². The van der Waals surface area contributed by atoms with E-state index in [0.29, 0.717) is 0 Å². The number of phenols is 1. The van der Waals surface area contributed by atoms with E-state index in [0.717, 1.165) is 12.3 Å². The number of carbonyl (C=O) groups is 1. The molecule has 6 heteroatoms. The van der Waals surface area contributed by atoms with Crippen LogP contribution >= 0.6 is 0 Å². The molecule has 0 fully saturated rings. The van der Waals surface area contributed by atoms with E-state index in [-0.39, 0.29) is 22.6 Å². The normalized spacial score (nSPS) is 11.3. The van der Waals surface area contributed by atoms with E-state index in [9.17, 15) is 13.2 Å². The van der Waals surface area contributed by atoms with Gasteiger partial charge in [0.05, 0.1) is 11.3 Å². The van der Waals surface area contributed by atoms with Gasteiger partial charge in [-0.15, -0.1) is 0 Å². The quantitative estimate of drug-likeness (QED) is 0.794. The highest BCUT2D eigenvalue weighted by Crippen LogP contribution is 2.18. The van der Waals surface area contributed by atoms with Crippen molar-refractivity contribution < 1.29 is 23.4 Å². The van der Waals surface area contributed by atoms with Crippen molar-refractivity contribution in [1.29, 1.82) is 0 Å². The van der Waals surface area contributed by atoms with Crippen molar-refractivity contribution in [2.45, 2.75) is 5.75 Å². The van der Waals surface area contributed by atoms with Crippen LogP contribution in [0.25, 0.3) is 0 Å². The van der Waals surface area contributed by atoms with Gasteiger partial charge in [-0.25, -0.2) is 13.2 Å². The number of sulfone groups is 1. The van der Waals surface area contributed by atoms with Crippen LogP contribution in [0.5, 0.6) is 5.75 Å². The first-order chi connectivity index (χ1) is 6.79. The summed E-state index contributed by atoms with van der Waals surface area (Å²) in [7, 11) is -3.29. The molecule has 0 saturated heterocycles. The molecular formula is C9H10O5S. The molecule has 1 rings (SSSR count). The van der Waals surface area contributed by atoms with Crippen LogP contribution < -0.4 is 0 Å². The largest absolute Gasteiger partial charge is 0.508 e. The Balaban J connectivity index is 3.24. The molecule has 0 aliphatic carbocycles. The number of hydrogen-bond acceptors (Lipinski definition) is 4. The van der Waals surface area contributed by atoms with Gasteiger partial charge in [0, 0.05) is 6.26 Å². The van der Waals surface area contributed by atoms with Crippen LogP contribution in [0, 0.1) is 0 Å². The fourth-order valence-corrected chi connectivity index (χ4v) is 1.99. The molecule has 0 radical (unpaired) electrons. The highest BCUT2D eigenvalue weighted by Gasteiger charge is 2.14. The van der Waals surface area contributed by atoms with Crippen LogP contribution in [0.4, 0.5) is 0 Å². The van der Waals surface area contributed by atoms with E-state index in [2.05, 4.69) is 0 Å². The Bertz CT molecular complexity index is 489. The summed E-state index contributed by atoms with van der Waals surface area (Å²) in [5, 5.41) is 17.9. The summed E-state index contributed by atoms with van der Waals surface area (Å²) in [6.45, 7) is 0. The minimum Gasteiger partial charge on any atom is -0.508 e. The van der Waals surface area contributed by atoms with E-state index >= 15 is 0 Å². The molecule has 2 N–H and O–H groups in total. The van der Waals surface area contributed by atoms with E-state index in [1.54, 1.807) is 0 Å². The summed E-state index contributed by atoms with van der Waals surface area (Å²) in [6.07, 6.45) is 1.02. The van der Waals surface area contributed by atoms with Gasteiger partial charge in [-0.3, -0.25) is 0 Å². The second kappa shape index (κ2) is 3.90. The molecule has 15 heavy (non-hydrogen) atoms. The number of rotatable bonds is 3. The zero-order valence-corrected chi connectivity index (χ0v) is 8.78. The first-order valence-electron chi connectivity index (χ1n) is 4.02. The molecule has 0 unspecified atom stereocenters. The Morgan fingerprint density at radius 2 is 2.00 bits per heavy atom. The predicted octanol–water partition coefficient (Wildman–Crippen LogP) is 0.635. The van der Waals surface area contributed by atoms with Crippen molar-refractivity contribution in [3.8, 4) is 5.75 Å². The van der Waals surface area contributed by atoms with Crippen molar-refractivity contribution in [2.75, 3.05) is 6.26 Å². The lowest BCUT2D eigenvalue weighted by Crippen LogP contribution is -2.07. The second-order valence-corrected chi connectivity index (χ2v) is 5.36. The van der Waals surface area contributed by atoms with Gasteiger partial charge in [0.15, 0.2) is 9.84 Å². The molecular weight excluding hydrogens is 220 g/mol. The Hall–Kier alpha value is -1.56. The lowest BCUT2D eigenvalue weighted by molar-refractivity contribution is 0.0695. The Kier molecular flexibility index (Phi) is 2.99. The van der Waals surface area contributed by atoms with Crippen LogP contribution in [0.1, 0.15) is 15.9 Å². The standard InChI is InChI=1S/C9H10O5S/c1-15(13,14)5-6-2-3-7(10)4-8(6)9(11)12/h2-4,10H,5H2,1H3,(H,11,12). The number of carboxylic acids is 1. The number of benzene rings is 1. The van der Waals surface area contributed by atoms with E-state index in [1.165, 1.54) is 12.1 Å². The summed E-state index contributed by atoms with van der Waals surface area (Å²) < 4.78 is 22.0. The monoisotopic (exact) mass is 230 g/mol. The van der Waals surface area contributed by atoms with Gasteiger partial charge < -0.3 is 10.2 Å².